The van der Waals surface area contributed by atoms with Gasteiger partial charge in [0, 0.05) is 29.6 Å². The summed E-state index contributed by atoms with van der Waals surface area (Å²) in [6.07, 6.45) is 0.463. The van der Waals surface area contributed by atoms with Gasteiger partial charge in [-0.1, -0.05) is 13.8 Å². The Morgan fingerprint density at radius 1 is 1.14 bits per heavy atom. The molecule has 6 heteroatoms. The van der Waals surface area contributed by atoms with E-state index in [0.717, 1.165) is 0 Å². The largest absolute Gasteiger partial charge is 0.328 e. The van der Waals surface area contributed by atoms with Crippen molar-refractivity contribution in [1.29, 1.82) is 0 Å². The average molecular weight is 207 g/mol. The number of carbonyl (C=O) groups is 3. The Hall–Kier alpha value is -0.390. The van der Waals surface area contributed by atoms with E-state index in [4.69, 9.17) is 0 Å². The van der Waals surface area contributed by atoms with Gasteiger partial charge in [0.1, 0.15) is 5.92 Å². The molecule has 1 saturated heterocycles. The monoisotopic (exact) mass is 207 g/mol. The Balaban J connectivity index is 0.00000169. The van der Waals surface area contributed by atoms with Crippen LogP contribution in [-0.2, 0) is 9.59 Å². The van der Waals surface area contributed by atoms with Crippen molar-refractivity contribution in [2.75, 3.05) is 0 Å². The van der Waals surface area contributed by atoms with Gasteiger partial charge in [0.2, 0.25) is 11.8 Å². The summed E-state index contributed by atoms with van der Waals surface area (Å²) in [5, 5.41) is 4.11. The van der Waals surface area contributed by atoms with Gasteiger partial charge in [-0.25, -0.2) is 4.79 Å². The number of hydrogen-bond donors (Lipinski definition) is 2. The van der Waals surface area contributed by atoms with Gasteiger partial charge in [-0.05, 0) is 12.3 Å². The normalized spacial score (nSPS) is 17.5. The second kappa shape index (κ2) is 5.48. The Morgan fingerprint density at radius 2 is 1.57 bits per heavy atom. The molecular weight excluding hydrogens is 195 g/mol. The second-order valence-electron chi connectivity index (χ2n) is 3.49. The van der Waals surface area contributed by atoms with E-state index >= 15 is 0 Å². The van der Waals surface area contributed by atoms with Crippen molar-refractivity contribution in [1.82, 2.24) is 10.6 Å². The van der Waals surface area contributed by atoms with Gasteiger partial charge in [0.05, 0.1) is 0 Å². The molecule has 1 heterocycles. The minimum atomic E-state index is -0.727. The molecule has 1 rings (SSSR count). The maximum atomic E-state index is 11.2. The van der Waals surface area contributed by atoms with Crippen LogP contribution in [0.4, 0.5) is 4.79 Å². The molecule has 5 nitrogen and oxygen atoms in total. The SMILES string of the molecule is CC(C)CC1C(=O)NC(=O)NC1=O.[Na]. The third kappa shape index (κ3) is 3.40. The van der Waals surface area contributed by atoms with Crippen LogP contribution in [0, 0.1) is 11.8 Å². The number of carbonyl (C=O) groups excluding carboxylic acids is 3. The molecule has 1 aliphatic heterocycles. The maximum absolute atomic E-state index is 11.2. The molecule has 0 bridgehead atoms. The molecule has 73 valence electrons. The van der Waals surface area contributed by atoms with Crippen LogP contribution in [0.5, 0.6) is 0 Å². The standard InChI is InChI=1S/C8H12N2O3.Na/c1-4(2)3-5-6(11)9-8(13)10-7(5)12;/h4-5H,3H2,1-2H3,(H2,9,10,11,12,13);. The average Bonchev–Trinajstić information content (AvgIpc) is 1.96. The summed E-state index contributed by atoms with van der Waals surface area (Å²) < 4.78 is 0. The van der Waals surface area contributed by atoms with Gasteiger partial charge >= 0.3 is 6.03 Å². The van der Waals surface area contributed by atoms with Crippen LogP contribution < -0.4 is 10.6 Å². The van der Waals surface area contributed by atoms with E-state index in [-0.39, 0.29) is 35.5 Å². The first-order chi connectivity index (χ1) is 6.00. The molecule has 0 unspecified atom stereocenters. The van der Waals surface area contributed by atoms with Crippen molar-refractivity contribution >= 4 is 47.4 Å². The predicted molar refractivity (Wildman–Crippen MR) is 50.4 cm³/mol. The Bertz CT molecular complexity index is 245. The van der Waals surface area contributed by atoms with Crippen LogP contribution in [0.15, 0.2) is 0 Å². The summed E-state index contributed by atoms with van der Waals surface area (Å²) in [7, 11) is 0. The van der Waals surface area contributed by atoms with Crippen molar-refractivity contribution in [3.8, 4) is 0 Å². The zero-order valence-corrected chi connectivity index (χ0v) is 10.6. The third-order valence-corrected chi connectivity index (χ3v) is 1.81. The fourth-order valence-corrected chi connectivity index (χ4v) is 1.23. The molecule has 4 amide bonds. The fourth-order valence-electron chi connectivity index (χ4n) is 1.23. The van der Waals surface area contributed by atoms with Crippen molar-refractivity contribution in [2.24, 2.45) is 11.8 Å². The number of rotatable bonds is 2. The summed E-state index contributed by atoms with van der Waals surface area (Å²) >= 11 is 0. The van der Waals surface area contributed by atoms with Gasteiger partial charge in [-0.3, -0.25) is 20.2 Å². The molecule has 1 aliphatic rings. The van der Waals surface area contributed by atoms with Crippen molar-refractivity contribution < 1.29 is 14.4 Å². The summed E-state index contributed by atoms with van der Waals surface area (Å²) in [5.41, 5.74) is 0. The van der Waals surface area contributed by atoms with E-state index in [2.05, 4.69) is 10.6 Å². The van der Waals surface area contributed by atoms with Crippen molar-refractivity contribution in [3.05, 3.63) is 0 Å². The Morgan fingerprint density at radius 3 is 1.93 bits per heavy atom. The zero-order chi connectivity index (χ0) is 10.0. The summed E-state index contributed by atoms with van der Waals surface area (Å²) in [4.78, 5) is 33.0. The second-order valence-corrected chi connectivity index (χ2v) is 3.49. The predicted octanol–water partition coefficient (Wildman–Crippen LogP) is -0.366. The van der Waals surface area contributed by atoms with Gasteiger partial charge in [-0.15, -0.1) is 0 Å². The Labute approximate surface area is 104 Å². The van der Waals surface area contributed by atoms with E-state index in [1.54, 1.807) is 0 Å². The van der Waals surface area contributed by atoms with Crippen molar-refractivity contribution in [3.63, 3.8) is 0 Å². The first kappa shape index (κ1) is 13.6. The molecular formula is C8H12N2NaO3. The zero-order valence-electron chi connectivity index (χ0n) is 8.59. The quantitative estimate of drug-likeness (QED) is 0.479. The first-order valence-corrected chi connectivity index (χ1v) is 4.16. The maximum Gasteiger partial charge on any atom is 0.328 e. The van der Waals surface area contributed by atoms with Gasteiger partial charge in [-0.2, -0.15) is 0 Å². The van der Waals surface area contributed by atoms with E-state index in [0.29, 0.717) is 6.42 Å². The molecule has 14 heavy (non-hydrogen) atoms. The molecule has 0 aromatic carbocycles. The van der Waals surface area contributed by atoms with E-state index in [9.17, 15) is 14.4 Å². The van der Waals surface area contributed by atoms with Crippen LogP contribution in [0.1, 0.15) is 20.3 Å². The molecule has 0 spiro atoms. The summed E-state index contributed by atoms with van der Waals surface area (Å²) in [5.74, 6) is -1.47. The van der Waals surface area contributed by atoms with E-state index < -0.39 is 23.8 Å². The number of amides is 4. The van der Waals surface area contributed by atoms with Gasteiger partial charge < -0.3 is 0 Å². The minimum absolute atomic E-state index is 0. The third-order valence-electron chi connectivity index (χ3n) is 1.81. The van der Waals surface area contributed by atoms with E-state index in [1.165, 1.54) is 0 Å². The molecule has 0 aromatic heterocycles. The number of barbiturate groups is 1. The van der Waals surface area contributed by atoms with Crippen LogP contribution in [0.3, 0.4) is 0 Å². The molecule has 2 N–H and O–H groups in total. The first-order valence-electron chi connectivity index (χ1n) is 4.16. The molecule has 1 radical (unpaired) electrons. The number of nitrogens with one attached hydrogen (secondary N) is 2. The number of urea groups is 1. The number of hydrogen-bond acceptors (Lipinski definition) is 3. The molecule has 0 aromatic rings. The van der Waals surface area contributed by atoms with Crippen LogP contribution in [0.2, 0.25) is 0 Å². The number of imide groups is 2. The van der Waals surface area contributed by atoms with Crippen LogP contribution in [-0.4, -0.2) is 47.4 Å². The topological polar surface area (TPSA) is 75.3 Å². The van der Waals surface area contributed by atoms with E-state index in [1.807, 2.05) is 13.8 Å². The van der Waals surface area contributed by atoms with Gasteiger partial charge in [0.15, 0.2) is 0 Å². The van der Waals surface area contributed by atoms with Crippen LogP contribution >= 0.6 is 0 Å². The molecule has 1 fully saturated rings. The molecule has 0 aliphatic carbocycles. The minimum Gasteiger partial charge on any atom is -0.277 e. The molecule has 0 atom stereocenters. The smallest absolute Gasteiger partial charge is 0.277 e. The van der Waals surface area contributed by atoms with Crippen LogP contribution in [0.25, 0.3) is 0 Å². The van der Waals surface area contributed by atoms with Crippen molar-refractivity contribution in [2.45, 2.75) is 20.3 Å². The fraction of sp³-hybridized carbons (Fsp3) is 0.625. The van der Waals surface area contributed by atoms with Gasteiger partial charge in [0.25, 0.3) is 0 Å². The summed E-state index contributed by atoms with van der Waals surface area (Å²) in [6, 6.07) is -0.727. The Kier molecular flexibility index (Phi) is 5.33. The summed E-state index contributed by atoms with van der Waals surface area (Å²) in [6.45, 7) is 3.83. The molecule has 0 saturated carbocycles.